The first kappa shape index (κ1) is 26.1. The van der Waals surface area contributed by atoms with Gasteiger partial charge in [-0.15, -0.1) is 0 Å². The second kappa shape index (κ2) is 10.2. The highest BCUT2D eigenvalue weighted by atomic mass is 32.2. The van der Waals surface area contributed by atoms with E-state index >= 15 is 0 Å². The number of rotatable bonds is 7. The summed E-state index contributed by atoms with van der Waals surface area (Å²) in [4.78, 5) is 38.2. The first-order valence-electron chi connectivity index (χ1n) is 11.7. The average Bonchev–Trinajstić information content (AvgIpc) is 2.90. The van der Waals surface area contributed by atoms with Crippen molar-refractivity contribution in [2.45, 2.75) is 31.2 Å². The highest BCUT2D eigenvalue weighted by molar-refractivity contribution is 7.89. The molecule has 0 spiro atoms. The molecule has 0 aliphatic carbocycles. The topological polar surface area (TPSA) is 119 Å². The van der Waals surface area contributed by atoms with Crippen LogP contribution in [0, 0.1) is 6.92 Å². The number of carbonyl (C=O) groups excluding carboxylic acids is 1. The summed E-state index contributed by atoms with van der Waals surface area (Å²) in [5, 5.41) is 2.98. The highest BCUT2D eigenvalue weighted by Crippen LogP contribution is 2.25. The number of benzene rings is 3. The number of para-hydroxylation sites is 1. The number of nitrogens with one attached hydrogen (secondary N) is 2. The van der Waals surface area contributed by atoms with Crippen molar-refractivity contribution in [3.63, 3.8) is 0 Å². The molecule has 1 unspecified atom stereocenters. The number of amides is 1. The molecule has 0 fully saturated rings. The van der Waals surface area contributed by atoms with Gasteiger partial charge in [0.05, 0.1) is 15.8 Å². The van der Waals surface area contributed by atoms with E-state index in [1.165, 1.54) is 36.9 Å². The van der Waals surface area contributed by atoms with Gasteiger partial charge in [0, 0.05) is 19.8 Å². The van der Waals surface area contributed by atoms with Crippen LogP contribution in [-0.2, 0) is 35.3 Å². The van der Waals surface area contributed by atoms with Gasteiger partial charge in [-0.1, -0.05) is 55.5 Å². The van der Waals surface area contributed by atoms with E-state index in [4.69, 9.17) is 0 Å². The molecule has 1 amide bonds. The lowest BCUT2D eigenvalue weighted by Gasteiger charge is -2.21. The summed E-state index contributed by atoms with van der Waals surface area (Å²) in [6.07, 6.45) is 0.688. The van der Waals surface area contributed by atoms with Gasteiger partial charge >= 0.3 is 5.69 Å². The molecule has 10 heteroatoms. The molecule has 4 aromatic rings. The Morgan fingerprint density at radius 3 is 2.32 bits per heavy atom. The van der Waals surface area contributed by atoms with Crippen molar-refractivity contribution < 1.29 is 13.2 Å². The van der Waals surface area contributed by atoms with E-state index in [0.29, 0.717) is 23.2 Å². The number of aryl methyl sites for hydroxylation is 3. The molecular weight excluding hydrogens is 492 g/mol. The Hall–Kier alpha value is -4.02. The number of anilines is 1. The highest BCUT2D eigenvalue weighted by Gasteiger charge is 2.28. The Labute approximate surface area is 214 Å². The minimum absolute atomic E-state index is 0.0701. The van der Waals surface area contributed by atoms with E-state index in [0.717, 1.165) is 15.7 Å². The monoisotopic (exact) mass is 520 g/mol. The Morgan fingerprint density at radius 2 is 1.65 bits per heavy atom. The molecule has 0 aliphatic rings. The smallest absolute Gasteiger partial charge is 0.324 e. The normalized spacial score (nSPS) is 12.4. The van der Waals surface area contributed by atoms with E-state index in [2.05, 4.69) is 10.0 Å². The van der Waals surface area contributed by atoms with Gasteiger partial charge in [0.15, 0.2) is 0 Å². The van der Waals surface area contributed by atoms with Crippen LogP contribution in [0.2, 0.25) is 0 Å². The lowest BCUT2D eigenvalue weighted by molar-refractivity contribution is -0.117. The first-order chi connectivity index (χ1) is 17.5. The molecule has 4 rings (SSSR count). The Kier molecular flexibility index (Phi) is 7.15. The molecule has 1 atom stereocenters. The number of nitrogens with zero attached hydrogens (tertiary/aromatic N) is 2. The van der Waals surface area contributed by atoms with Gasteiger partial charge in [-0.2, -0.15) is 4.72 Å². The van der Waals surface area contributed by atoms with E-state index in [-0.39, 0.29) is 10.3 Å². The fourth-order valence-corrected chi connectivity index (χ4v) is 5.49. The van der Waals surface area contributed by atoms with E-state index in [1.54, 1.807) is 30.3 Å². The zero-order chi connectivity index (χ0) is 26.9. The summed E-state index contributed by atoms with van der Waals surface area (Å²) in [7, 11) is -1.43. The zero-order valence-corrected chi connectivity index (χ0v) is 21.8. The number of aromatic nitrogens is 2. The Bertz CT molecular complexity index is 1720. The minimum Gasteiger partial charge on any atom is -0.324 e. The third kappa shape index (κ3) is 4.98. The number of carbonyl (C=O) groups is 1. The fourth-order valence-electron chi connectivity index (χ4n) is 4.28. The number of hydrogen-bond donors (Lipinski definition) is 2. The van der Waals surface area contributed by atoms with Gasteiger partial charge in [0.2, 0.25) is 15.9 Å². The molecule has 0 saturated carbocycles. The molecule has 37 heavy (non-hydrogen) atoms. The summed E-state index contributed by atoms with van der Waals surface area (Å²) in [5.41, 5.74) is 2.06. The Morgan fingerprint density at radius 1 is 0.946 bits per heavy atom. The molecule has 0 radical (unpaired) electrons. The van der Waals surface area contributed by atoms with Crippen molar-refractivity contribution in [2.75, 3.05) is 5.32 Å². The van der Waals surface area contributed by atoms with Crippen molar-refractivity contribution in [2.24, 2.45) is 14.1 Å². The van der Waals surface area contributed by atoms with Crippen molar-refractivity contribution in [1.82, 2.24) is 13.9 Å². The summed E-state index contributed by atoms with van der Waals surface area (Å²) >= 11 is 0. The van der Waals surface area contributed by atoms with Crippen LogP contribution in [0.4, 0.5) is 5.69 Å². The van der Waals surface area contributed by atoms with Crippen LogP contribution in [0.15, 0.2) is 81.2 Å². The maximum absolute atomic E-state index is 13.5. The van der Waals surface area contributed by atoms with Crippen LogP contribution < -0.4 is 21.3 Å². The summed E-state index contributed by atoms with van der Waals surface area (Å²) in [6.45, 7) is 3.85. The fraction of sp³-hybridized carbons (Fsp3) is 0.222. The molecule has 2 N–H and O–H groups in total. The van der Waals surface area contributed by atoms with Crippen LogP contribution in [0.3, 0.4) is 0 Å². The quantitative estimate of drug-likeness (QED) is 0.388. The van der Waals surface area contributed by atoms with Gasteiger partial charge < -0.3 is 5.32 Å². The van der Waals surface area contributed by atoms with Crippen LogP contribution in [0.1, 0.15) is 29.7 Å². The van der Waals surface area contributed by atoms with Crippen molar-refractivity contribution in [3.05, 3.63) is 104 Å². The van der Waals surface area contributed by atoms with Crippen molar-refractivity contribution in [3.8, 4) is 0 Å². The minimum atomic E-state index is -4.26. The summed E-state index contributed by atoms with van der Waals surface area (Å²) < 4.78 is 31.7. The number of sulfonamides is 1. The summed E-state index contributed by atoms with van der Waals surface area (Å²) in [5.74, 6) is -0.544. The lowest BCUT2D eigenvalue weighted by atomic mass is 10.0. The molecule has 0 aliphatic heterocycles. The molecule has 0 bridgehead atoms. The van der Waals surface area contributed by atoms with Gasteiger partial charge in [-0.05, 0) is 48.2 Å². The van der Waals surface area contributed by atoms with E-state index < -0.39 is 33.2 Å². The van der Waals surface area contributed by atoms with Gasteiger partial charge in [-0.3, -0.25) is 18.7 Å². The van der Waals surface area contributed by atoms with Gasteiger partial charge in [-0.25, -0.2) is 13.2 Å². The van der Waals surface area contributed by atoms with Gasteiger partial charge in [0.25, 0.3) is 5.56 Å². The molecule has 9 nitrogen and oxygen atoms in total. The summed E-state index contributed by atoms with van der Waals surface area (Å²) in [6, 6.07) is 16.9. The number of hydrogen-bond acceptors (Lipinski definition) is 5. The van der Waals surface area contributed by atoms with E-state index in [1.807, 2.05) is 32.0 Å². The molecule has 1 heterocycles. The van der Waals surface area contributed by atoms with Crippen LogP contribution in [0.25, 0.3) is 10.9 Å². The SMILES string of the molecule is CCc1cccc(C)c1NC(=O)C(NS(=O)(=O)c1ccc2c(c1)c(=O)n(C)c(=O)n2C)c1ccccc1. The van der Waals surface area contributed by atoms with Crippen LogP contribution in [0.5, 0.6) is 0 Å². The molecule has 0 saturated heterocycles. The molecule has 3 aromatic carbocycles. The largest absolute Gasteiger partial charge is 0.330 e. The predicted molar refractivity (Wildman–Crippen MR) is 143 cm³/mol. The average molecular weight is 521 g/mol. The zero-order valence-electron chi connectivity index (χ0n) is 21.0. The maximum Gasteiger partial charge on any atom is 0.330 e. The third-order valence-corrected chi connectivity index (χ3v) is 7.83. The Balaban J connectivity index is 1.76. The first-order valence-corrected chi connectivity index (χ1v) is 13.2. The standard InChI is InChI=1S/C27H28N4O5S/c1-5-18-13-9-10-17(2)23(18)28-25(32)24(19-11-7-6-8-12-19)29-37(35,36)20-14-15-22-21(16-20)26(33)31(4)27(34)30(22)3/h6-16,24,29H,5H2,1-4H3,(H,28,32). The predicted octanol–water partition coefficient (Wildman–Crippen LogP) is 2.77. The van der Waals surface area contributed by atoms with Crippen molar-refractivity contribution >= 4 is 32.5 Å². The van der Waals surface area contributed by atoms with Crippen LogP contribution >= 0.6 is 0 Å². The molecular formula is C27H28N4O5S. The second-order valence-corrected chi connectivity index (χ2v) is 10.5. The molecule has 192 valence electrons. The van der Waals surface area contributed by atoms with E-state index in [9.17, 15) is 22.8 Å². The molecule has 1 aromatic heterocycles. The second-order valence-electron chi connectivity index (χ2n) is 8.80. The van der Waals surface area contributed by atoms with Crippen LogP contribution in [-0.4, -0.2) is 23.5 Å². The van der Waals surface area contributed by atoms with Gasteiger partial charge in [0.1, 0.15) is 6.04 Å². The maximum atomic E-state index is 13.5. The number of fused-ring (bicyclic) bond motifs is 1. The third-order valence-electron chi connectivity index (χ3n) is 6.40. The van der Waals surface area contributed by atoms with Crippen molar-refractivity contribution in [1.29, 1.82) is 0 Å². The lowest BCUT2D eigenvalue weighted by Crippen LogP contribution is -2.38.